The first-order valence-corrected chi connectivity index (χ1v) is 12.7. The largest absolute Gasteiger partial charge is 0.495 e. The highest BCUT2D eigenvalue weighted by molar-refractivity contribution is 7.98. The SMILES string of the molecule is COc1cc(C(C)(C)c2cnc(SCc3cc(C(=O)O)ccc3Cl)n2-c2ccc(F)cc2)ccc1Cl. The van der Waals surface area contributed by atoms with E-state index < -0.39 is 11.4 Å². The van der Waals surface area contributed by atoms with Gasteiger partial charge in [0, 0.05) is 21.9 Å². The normalized spacial score (nSPS) is 11.5. The first kappa shape index (κ1) is 26.1. The average Bonchev–Trinajstić information content (AvgIpc) is 3.29. The van der Waals surface area contributed by atoms with Crippen molar-refractivity contribution >= 4 is 40.9 Å². The van der Waals surface area contributed by atoms with E-state index in [0.29, 0.717) is 32.3 Å². The van der Waals surface area contributed by atoms with E-state index in [9.17, 15) is 14.3 Å². The lowest BCUT2D eigenvalue weighted by atomic mass is 9.81. The number of halogens is 3. The van der Waals surface area contributed by atoms with E-state index in [2.05, 4.69) is 18.8 Å². The van der Waals surface area contributed by atoms with Crippen LogP contribution in [0.4, 0.5) is 4.39 Å². The van der Waals surface area contributed by atoms with Gasteiger partial charge in [-0.25, -0.2) is 14.2 Å². The molecule has 36 heavy (non-hydrogen) atoms. The Morgan fingerprint density at radius 3 is 2.44 bits per heavy atom. The van der Waals surface area contributed by atoms with E-state index in [1.165, 1.54) is 30.0 Å². The van der Waals surface area contributed by atoms with Crippen LogP contribution in [0.5, 0.6) is 5.75 Å². The highest BCUT2D eigenvalue weighted by Crippen LogP contribution is 2.39. The second-order valence-electron chi connectivity index (χ2n) is 8.61. The molecule has 3 aromatic carbocycles. The highest BCUT2D eigenvalue weighted by atomic mass is 35.5. The molecule has 0 aliphatic rings. The van der Waals surface area contributed by atoms with E-state index in [-0.39, 0.29) is 11.4 Å². The summed E-state index contributed by atoms with van der Waals surface area (Å²) in [6.07, 6.45) is 1.79. The number of hydrogen-bond donors (Lipinski definition) is 1. The Hall–Kier alpha value is -3.00. The average molecular weight is 545 g/mol. The molecule has 0 aliphatic heterocycles. The van der Waals surface area contributed by atoms with Gasteiger partial charge in [0.05, 0.1) is 29.6 Å². The van der Waals surface area contributed by atoms with Crippen molar-refractivity contribution in [2.24, 2.45) is 0 Å². The Morgan fingerprint density at radius 1 is 1.08 bits per heavy atom. The molecule has 0 atom stereocenters. The third kappa shape index (κ3) is 5.24. The van der Waals surface area contributed by atoms with Gasteiger partial charge < -0.3 is 9.84 Å². The van der Waals surface area contributed by atoms with Gasteiger partial charge in [-0.15, -0.1) is 0 Å². The molecule has 0 saturated heterocycles. The molecule has 1 N–H and O–H groups in total. The van der Waals surface area contributed by atoms with Gasteiger partial charge in [0.1, 0.15) is 11.6 Å². The molecule has 1 heterocycles. The summed E-state index contributed by atoms with van der Waals surface area (Å²) in [5.41, 5.74) is 2.88. The lowest BCUT2D eigenvalue weighted by Gasteiger charge is -2.28. The number of nitrogens with zero attached hydrogens (tertiary/aromatic N) is 2. The van der Waals surface area contributed by atoms with Crippen molar-refractivity contribution < 1.29 is 19.0 Å². The van der Waals surface area contributed by atoms with Crippen molar-refractivity contribution in [2.75, 3.05) is 7.11 Å². The number of ether oxygens (including phenoxy) is 1. The van der Waals surface area contributed by atoms with Gasteiger partial charge in [-0.05, 0) is 65.7 Å². The minimum Gasteiger partial charge on any atom is -0.495 e. The molecule has 5 nitrogen and oxygen atoms in total. The van der Waals surface area contributed by atoms with Crippen molar-refractivity contribution in [3.8, 4) is 11.4 Å². The van der Waals surface area contributed by atoms with Gasteiger partial charge in [-0.3, -0.25) is 4.57 Å². The van der Waals surface area contributed by atoms with E-state index in [0.717, 1.165) is 16.9 Å². The van der Waals surface area contributed by atoms with Crippen molar-refractivity contribution in [2.45, 2.75) is 30.2 Å². The van der Waals surface area contributed by atoms with E-state index in [1.54, 1.807) is 43.6 Å². The highest BCUT2D eigenvalue weighted by Gasteiger charge is 2.30. The summed E-state index contributed by atoms with van der Waals surface area (Å²) in [6.45, 7) is 4.13. The molecule has 0 fully saturated rings. The number of methoxy groups -OCH3 is 1. The minimum absolute atomic E-state index is 0.162. The van der Waals surface area contributed by atoms with Gasteiger partial charge in [-0.2, -0.15) is 0 Å². The third-order valence-corrected chi connectivity index (χ3v) is 7.66. The van der Waals surface area contributed by atoms with Crippen LogP contribution in [0.1, 0.15) is 41.0 Å². The second kappa shape index (κ2) is 10.5. The maximum absolute atomic E-state index is 13.7. The number of thioether (sulfide) groups is 1. The molecule has 4 aromatic rings. The topological polar surface area (TPSA) is 64.3 Å². The number of benzene rings is 3. The number of aromatic nitrogens is 2. The van der Waals surface area contributed by atoms with Gasteiger partial charge in [0.2, 0.25) is 0 Å². The van der Waals surface area contributed by atoms with Crippen molar-refractivity contribution in [3.05, 3.63) is 105 Å². The predicted octanol–water partition coefficient (Wildman–Crippen LogP) is 7.64. The fourth-order valence-electron chi connectivity index (χ4n) is 3.87. The second-order valence-corrected chi connectivity index (χ2v) is 10.4. The molecule has 0 saturated carbocycles. The molecule has 0 radical (unpaired) electrons. The standard InChI is InChI=1S/C27H23Cl2FN2O3S/c1-27(2,18-5-11-22(29)23(13-18)35-3)24-14-31-26(32(24)20-8-6-19(30)7-9-20)36-15-17-12-16(25(33)34)4-10-21(17)28/h4-14H,15H2,1-3H3,(H,33,34). The Labute approximate surface area is 222 Å². The monoisotopic (exact) mass is 544 g/mol. The lowest BCUT2D eigenvalue weighted by Crippen LogP contribution is -2.23. The van der Waals surface area contributed by atoms with Crippen LogP contribution in [0.15, 0.2) is 72.0 Å². The van der Waals surface area contributed by atoms with Crippen LogP contribution < -0.4 is 4.74 Å². The van der Waals surface area contributed by atoms with E-state index in [4.69, 9.17) is 27.9 Å². The molecule has 186 valence electrons. The zero-order chi connectivity index (χ0) is 26.0. The number of imidazole rings is 1. The Balaban J connectivity index is 1.78. The van der Waals surface area contributed by atoms with Crippen LogP contribution in [0.3, 0.4) is 0 Å². The number of carboxylic acids is 1. The molecule has 0 amide bonds. The van der Waals surface area contributed by atoms with Gasteiger partial charge in [-0.1, -0.05) is 54.9 Å². The third-order valence-electron chi connectivity index (χ3n) is 5.98. The van der Waals surface area contributed by atoms with Crippen LogP contribution in [0.25, 0.3) is 5.69 Å². The van der Waals surface area contributed by atoms with Crippen molar-refractivity contribution in [3.63, 3.8) is 0 Å². The number of rotatable bonds is 8. The smallest absolute Gasteiger partial charge is 0.335 e. The number of carbonyl (C=O) groups is 1. The number of aromatic carboxylic acids is 1. The fraction of sp³-hybridized carbons (Fsp3) is 0.185. The maximum atomic E-state index is 13.7. The summed E-state index contributed by atoms with van der Waals surface area (Å²) in [6, 6.07) is 16.4. The quantitative estimate of drug-likeness (QED) is 0.231. The van der Waals surface area contributed by atoms with Crippen LogP contribution >= 0.6 is 35.0 Å². The van der Waals surface area contributed by atoms with Crippen LogP contribution in [0, 0.1) is 5.82 Å². The summed E-state index contributed by atoms with van der Waals surface area (Å²) in [5.74, 6) is -0.397. The molecule has 0 aliphatic carbocycles. The zero-order valence-corrected chi connectivity index (χ0v) is 22.1. The fourth-order valence-corrected chi connectivity index (χ4v) is 5.32. The molecule has 0 unspecified atom stereocenters. The summed E-state index contributed by atoms with van der Waals surface area (Å²) >= 11 is 14.0. The summed E-state index contributed by atoms with van der Waals surface area (Å²) in [4.78, 5) is 16.1. The van der Waals surface area contributed by atoms with Crippen LogP contribution in [-0.4, -0.2) is 27.7 Å². The van der Waals surface area contributed by atoms with Gasteiger partial charge in [0.15, 0.2) is 5.16 Å². The van der Waals surface area contributed by atoms with Crippen molar-refractivity contribution in [1.29, 1.82) is 0 Å². The number of hydrogen-bond acceptors (Lipinski definition) is 4. The molecule has 9 heteroatoms. The molecule has 1 aromatic heterocycles. The first-order valence-electron chi connectivity index (χ1n) is 10.9. The Kier molecular flexibility index (Phi) is 7.64. The predicted molar refractivity (Wildman–Crippen MR) is 142 cm³/mol. The Morgan fingerprint density at radius 2 is 1.78 bits per heavy atom. The maximum Gasteiger partial charge on any atom is 0.335 e. The zero-order valence-electron chi connectivity index (χ0n) is 19.8. The Bertz CT molecular complexity index is 1420. The minimum atomic E-state index is -1.02. The van der Waals surface area contributed by atoms with E-state index in [1.807, 2.05) is 16.7 Å². The molecular formula is C27H23Cl2FN2O3S. The van der Waals surface area contributed by atoms with Gasteiger partial charge >= 0.3 is 5.97 Å². The molecule has 0 spiro atoms. The summed E-state index contributed by atoms with van der Waals surface area (Å²) in [5, 5.41) is 11.0. The van der Waals surface area contributed by atoms with E-state index >= 15 is 0 Å². The molecule has 0 bridgehead atoms. The first-order chi connectivity index (χ1) is 17.1. The molecule has 4 rings (SSSR count). The summed E-state index contributed by atoms with van der Waals surface area (Å²) < 4.78 is 21.1. The van der Waals surface area contributed by atoms with Gasteiger partial charge in [0.25, 0.3) is 0 Å². The van der Waals surface area contributed by atoms with Crippen LogP contribution in [0.2, 0.25) is 10.0 Å². The van der Waals surface area contributed by atoms with Crippen LogP contribution in [-0.2, 0) is 11.2 Å². The van der Waals surface area contributed by atoms with Crippen molar-refractivity contribution in [1.82, 2.24) is 9.55 Å². The summed E-state index contributed by atoms with van der Waals surface area (Å²) in [7, 11) is 1.57. The molecular weight excluding hydrogens is 522 g/mol. The number of carboxylic acid groups (broad SMARTS) is 1. The lowest BCUT2D eigenvalue weighted by molar-refractivity contribution is 0.0696.